The topological polar surface area (TPSA) is 136 Å². The first-order chi connectivity index (χ1) is 15.2. The van der Waals surface area contributed by atoms with Crippen molar-refractivity contribution in [2.75, 3.05) is 10.5 Å². The van der Waals surface area contributed by atoms with Crippen LogP contribution in [-0.4, -0.2) is 34.2 Å². The highest BCUT2D eigenvalue weighted by atomic mass is 32.2. The molecule has 0 saturated heterocycles. The lowest BCUT2D eigenvalue weighted by atomic mass is 9.73. The Bertz CT molecular complexity index is 1220. The van der Waals surface area contributed by atoms with Crippen molar-refractivity contribution in [2.45, 2.75) is 55.9 Å². The normalized spacial score (nSPS) is 21.3. The summed E-state index contributed by atoms with van der Waals surface area (Å²) in [5.41, 5.74) is 6.76. The summed E-state index contributed by atoms with van der Waals surface area (Å²) in [6, 6.07) is 3.77. The molecule has 1 saturated carbocycles. The number of nitrogens with one attached hydrogen (secondary N) is 2. The van der Waals surface area contributed by atoms with Gasteiger partial charge in [0, 0.05) is 29.9 Å². The number of nitrogens with zero attached hydrogens (tertiary/aromatic N) is 3. The van der Waals surface area contributed by atoms with Gasteiger partial charge in [-0.2, -0.15) is 5.10 Å². The Morgan fingerprint density at radius 2 is 2.16 bits per heavy atom. The van der Waals surface area contributed by atoms with E-state index in [9.17, 15) is 12.8 Å². The van der Waals surface area contributed by atoms with Gasteiger partial charge in [0.25, 0.3) is 10.0 Å². The molecule has 4 N–H and O–H groups in total. The number of aryl methyl sites for hydroxylation is 1. The van der Waals surface area contributed by atoms with Gasteiger partial charge < -0.3 is 10.5 Å². The standard InChI is InChI=1S/C21H25FN6O3S/c1-13-9-18(32(29,30)28-19-6-8-24-12-25-19)16(22)10-17(13)31-21(2)7-4-3-5-15(21)14-11-26-27-20(14)23/h6,8-12,15H,3-5,7H2,1-2H3,(H3,23,26,27)(H,24,25,28)/t15-,21+/m1/s1. The van der Waals surface area contributed by atoms with E-state index in [1.54, 1.807) is 13.1 Å². The van der Waals surface area contributed by atoms with Gasteiger partial charge in [0.2, 0.25) is 0 Å². The van der Waals surface area contributed by atoms with Gasteiger partial charge >= 0.3 is 0 Å². The predicted molar refractivity (Wildman–Crippen MR) is 117 cm³/mol. The molecule has 1 aromatic carbocycles. The maximum absolute atomic E-state index is 15.0. The van der Waals surface area contributed by atoms with Crippen LogP contribution in [0.3, 0.4) is 0 Å². The number of hydrogen-bond donors (Lipinski definition) is 3. The number of anilines is 2. The molecule has 11 heteroatoms. The van der Waals surface area contributed by atoms with E-state index in [-0.39, 0.29) is 11.7 Å². The van der Waals surface area contributed by atoms with E-state index in [1.807, 2.05) is 6.92 Å². The van der Waals surface area contributed by atoms with E-state index >= 15 is 0 Å². The molecule has 2 atom stereocenters. The first-order valence-corrected chi connectivity index (χ1v) is 11.7. The molecule has 0 bridgehead atoms. The van der Waals surface area contributed by atoms with Crippen molar-refractivity contribution in [1.82, 2.24) is 20.2 Å². The molecule has 1 aliphatic rings. The maximum Gasteiger partial charge on any atom is 0.265 e. The number of nitrogen functional groups attached to an aromatic ring is 1. The van der Waals surface area contributed by atoms with E-state index < -0.39 is 26.3 Å². The highest BCUT2D eigenvalue weighted by Crippen LogP contribution is 2.45. The fourth-order valence-electron chi connectivity index (χ4n) is 4.25. The minimum absolute atomic E-state index is 0.0275. The lowest BCUT2D eigenvalue weighted by Gasteiger charge is -2.41. The summed E-state index contributed by atoms with van der Waals surface area (Å²) >= 11 is 0. The molecule has 4 rings (SSSR count). The van der Waals surface area contributed by atoms with Crippen LogP contribution >= 0.6 is 0 Å². The number of sulfonamides is 1. The van der Waals surface area contributed by atoms with Crippen LogP contribution in [-0.2, 0) is 10.0 Å². The monoisotopic (exact) mass is 460 g/mol. The zero-order valence-electron chi connectivity index (χ0n) is 17.8. The smallest absolute Gasteiger partial charge is 0.265 e. The number of benzene rings is 1. The SMILES string of the molecule is Cc1cc(S(=O)(=O)Nc2ccncn2)c(F)cc1O[C@@]1(C)CCCC[C@@H]1c1c[nH]nc1N. The van der Waals surface area contributed by atoms with E-state index in [0.717, 1.165) is 37.3 Å². The number of aromatic nitrogens is 4. The number of H-pyrrole nitrogens is 1. The zero-order valence-corrected chi connectivity index (χ0v) is 18.6. The van der Waals surface area contributed by atoms with E-state index in [0.29, 0.717) is 17.1 Å². The Morgan fingerprint density at radius 1 is 1.34 bits per heavy atom. The largest absolute Gasteiger partial charge is 0.487 e. The molecule has 9 nitrogen and oxygen atoms in total. The molecule has 32 heavy (non-hydrogen) atoms. The van der Waals surface area contributed by atoms with Crippen molar-refractivity contribution < 1.29 is 17.5 Å². The predicted octanol–water partition coefficient (Wildman–Crippen LogP) is 3.53. The Kier molecular flexibility index (Phi) is 5.76. The molecule has 0 unspecified atom stereocenters. The summed E-state index contributed by atoms with van der Waals surface area (Å²) in [4.78, 5) is 7.07. The minimum Gasteiger partial charge on any atom is -0.487 e. The third-order valence-electron chi connectivity index (χ3n) is 5.91. The van der Waals surface area contributed by atoms with Gasteiger partial charge in [-0.3, -0.25) is 9.82 Å². The average molecular weight is 461 g/mol. The third kappa shape index (κ3) is 4.24. The van der Waals surface area contributed by atoms with Crippen molar-refractivity contribution in [3.8, 4) is 5.75 Å². The van der Waals surface area contributed by atoms with Gasteiger partial charge in [-0.25, -0.2) is 22.8 Å². The van der Waals surface area contributed by atoms with Crippen LogP contribution in [0.2, 0.25) is 0 Å². The van der Waals surface area contributed by atoms with Gasteiger partial charge in [-0.15, -0.1) is 0 Å². The fraction of sp³-hybridized carbons (Fsp3) is 0.381. The summed E-state index contributed by atoms with van der Waals surface area (Å²) < 4.78 is 49.0. The van der Waals surface area contributed by atoms with Crippen LogP contribution in [0.4, 0.5) is 16.0 Å². The molecule has 0 amide bonds. The highest BCUT2D eigenvalue weighted by molar-refractivity contribution is 7.92. The first kappa shape index (κ1) is 22.0. The second-order valence-corrected chi connectivity index (χ2v) is 9.84. The second-order valence-electron chi connectivity index (χ2n) is 8.19. The molecule has 2 aromatic heterocycles. The van der Waals surface area contributed by atoms with Crippen molar-refractivity contribution in [3.05, 3.63) is 53.9 Å². The number of nitrogens with two attached hydrogens (primary N) is 1. The summed E-state index contributed by atoms with van der Waals surface area (Å²) in [6.07, 6.45) is 7.95. The van der Waals surface area contributed by atoms with Crippen LogP contribution in [0.15, 0.2) is 41.8 Å². The van der Waals surface area contributed by atoms with Gasteiger partial charge in [0.05, 0.1) is 0 Å². The Labute approximate surface area is 185 Å². The Morgan fingerprint density at radius 3 is 2.84 bits per heavy atom. The number of aromatic amines is 1. The zero-order chi connectivity index (χ0) is 22.9. The van der Waals surface area contributed by atoms with Crippen LogP contribution < -0.4 is 15.2 Å². The molecule has 0 aliphatic heterocycles. The van der Waals surface area contributed by atoms with Crippen LogP contribution in [0.5, 0.6) is 5.75 Å². The Balaban J connectivity index is 1.64. The number of ether oxygens (including phenoxy) is 1. The maximum atomic E-state index is 15.0. The van der Waals surface area contributed by atoms with E-state index in [4.69, 9.17) is 10.5 Å². The number of halogens is 1. The van der Waals surface area contributed by atoms with Gasteiger partial charge in [0.1, 0.15) is 40.0 Å². The molecule has 0 radical (unpaired) electrons. The molecule has 2 heterocycles. The van der Waals surface area contributed by atoms with Crippen molar-refractivity contribution >= 4 is 21.7 Å². The van der Waals surface area contributed by atoms with Crippen LogP contribution in [0.1, 0.15) is 49.7 Å². The highest BCUT2D eigenvalue weighted by Gasteiger charge is 2.41. The second kappa shape index (κ2) is 8.38. The van der Waals surface area contributed by atoms with Crippen LogP contribution in [0.25, 0.3) is 0 Å². The molecule has 0 spiro atoms. The fourth-order valence-corrected chi connectivity index (χ4v) is 5.40. The molecule has 170 valence electrons. The summed E-state index contributed by atoms with van der Waals surface area (Å²) in [5, 5.41) is 6.81. The number of rotatable bonds is 6. The minimum atomic E-state index is -4.18. The van der Waals surface area contributed by atoms with Crippen molar-refractivity contribution in [1.29, 1.82) is 0 Å². The van der Waals surface area contributed by atoms with Gasteiger partial charge in [-0.05, 0) is 50.8 Å². The molecule has 1 aliphatic carbocycles. The molecular formula is C21H25FN6O3S. The first-order valence-electron chi connectivity index (χ1n) is 10.3. The quantitative estimate of drug-likeness (QED) is 0.512. The van der Waals surface area contributed by atoms with Gasteiger partial charge in [-0.1, -0.05) is 6.42 Å². The summed E-state index contributed by atoms with van der Waals surface area (Å²) in [5.74, 6) is -0.175. The molecular weight excluding hydrogens is 435 g/mol. The van der Waals surface area contributed by atoms with Gasteiger partial charge in [0.15, 0.2) is 0 Å². The summed E-state index contributed by atoms with van der Waals surface area (Å²) in [6.45, 7) is 3.66. The van der Waals surface area contributed by atoms with E-state index in [2.05, 4.69) is 24.9 Å². The molecule has 3 aromatic rings. The third-order valence-corrected chi connectivity index (χ3v) is 7.28. The summed E-state index contributed by atoms with van der Waals surface area (Å²) in [7, 11) is -4.18. The average Bonchev–Trinajstić information content (AvgIpc) is 3.16. The molecule has 1 fully saturated rings. The van der Waals surface area contributed by atoms with Crippen molar-refractivity contribution in [2.24, 2.45) is 0 Å². The Hall–Kier alpha value is -3.21. The van der Waals surface area contributed by atoms with Crippen LogP contribution in [0, 0.1) is 12.7 Å². The van der Waals surface area contributed by atoms with Crippen molar-refractivity contribution in [3.63, 3.8) is 0 Å². The number of hydrogen-bond acceptors (Lipinski definition) is 7. The van der Waals surface area contributed by atoms with E-state index in [1.165, 1.54) is 24.7 Å². The lowest BCUT2D eigenvalue weighted by Crippen LogP contribution is -2.42. The lowest BCUT2D eigenvalue weighted by molar-refractivity contribution is 0.0253.